The Bertz CT molecular complexity index is 520. The maximum absolute atomic E-state index is 13.0. The van der Waals surface area contributed by atoms with Crippen molar-refractivity contribution in [3.05, 3.63) is 45.0 Å². The first-order chi connectivity index (χ1) is 6.16. The molecular weight excluding hydrogens is 237 g/mol. The van der Waals surface area contributed by atoms with Gasteiger partial charge >= 0.3 is 0 Å². The molecule has 0 amide bonds. The highest BCUT2D eigenvalue weighted by Crippen LogP contribution is 2.21. The second-order valence-electron chi connectivity index (χ2n) is 2.69. The van der Waals surface area contributed by atoms with Gasteiger partial charge in [0.25, 0.3) is 0 Å². The van der Waals surface area contributed by atoms with Gasteiger partial charge in [-0.2, -0.15) is 0 Å². The first kappa shape index (κ1) is 8.44. The molecule has 0 radical (unpaired) electrons. The van der Waals surface area contributed by atoms with E-state index in [1.54, 1.807) is 6.07 Å². The van der Waals surface area contributed by atoms with E-state index in [1.165, 1.54) is 18.3 Å². The molecule has 0 aliphatic heterocycles. The van der Waals surface area contributed by atoms with E-state index < -0.39 is 0 Å². The summed E-state index contributed by atoms with van der Waals surface area (Å²) in [6, 6.07) is 4.38. The van der Waals surface area contributed by atoms with Crippen molar-refractivity contribution >= 4 is 26.7 Å². The van der Waals surface area contributed by atoms with Crippen LogP contribution in [0.2, 0.25) is 0 Å². The number of H-pyrrole nitrogens is 1. The van der Waals surface area contributed by atoms with Crippen molar-refractivity contribution in [1.29, 1.82) is 0 Å². The van der Waals surface area contributed by atoms with Gasteiger partial charge in [0.1, 0.15) is 5.82 Å². The van der Waals surface area contributed by atoms with Gasteiger partial charge in [-0.25, -0.2) is 4.39 Å². The molecule has 0 fully saturated rings. The molecule has 2 nitrogen and oxygen atoms in total. The van der Waals surface area contributed by atoms with Gasteiger partial charge in [0.2, 0.25) is 5.56 Å². The average molecular weight is 242 g/mol. The Hall–Kier alpha value is -1.16. The molecule has 2 aromatic rings. The van der Waals surface area contributed by atoms with Crippen molar-refractivity contribution in [3.63, 3.8) is 0 Å². The molecule has 1 N–H and O–H groups in total. The summed E-state index contributed by atoms with van der Waals surface area (Å²) >= 11 is 3.05. The first-order valence-electron chi connectivity index (χ1n) is 3.64. The van der Waals surface area contributed by atoms with Gasteiger partial charge in [-0.3, -0.25) is 4.79 Å². The number of nitrogens with one attached hydrogen (secondary N) is 1. The van der Waals surface area contributed by atoms with Crippen LogP contribution in [0, 0.1) is 5.82 Å². The number of fused-ring (bicyclic) bond motifs is 1. The zero-order valence-corrected chi connectivity index (χ0v) is 8.06. The van der Waals surface area contributed by atoms with E-state index in [1.807, 2.05) is 0 Å². The molecule has 2 rings (SSSR count). The number of pyridine rings is 1. The van der Waals surface area contributed by atoms with Crippen molar-refractivity contribution in [1.82, 2.24) is 4.98 Å². The van der Waals surface area contributed by atoms with Gasteiger partial charge in [0.05, 0.1) is 4.47 Å². The summed E-state index contributed by atoms with van der Waals surface area (Å²) in [5.74, 6) is -0.334. The summed E-state index contributed by atoms with van der Waals surface area (Å²) in [5, 5.41) is 1.40. The maximum Gasteiger partial charge on any atom is 0.248 e. The number of aromatic nitrogens is 1. The van der Waals surface area contributed by atoms with E-state index in [4.69, 9.17) is 0 Å². The second kappa shape index (κ2) is 2.96. The van der Waals surface area contributed by atoms with Gasteiger partial charge in [-0.1, -0.05) is 0 Å². The van der Waals surface area contributed by atoms with Gasteiger partial charge in [-0.15, -0.1) is 0 Å². The minimum absolute atomic E-state index is 0.189. The molecule has 0 saturated heterocycles. The highest BCUT2D eigenvalue weighted by atomic mass is 79.9. The average Bonchev–Trinajstić information content (AvgIpc) is 2.08. The van der Waals surface area contributed by atoms with Crippen LogP contribution in [-0.4, -0.2) is 4.98 Å². The Balaban J connectivity index is 2.89. The third kappa shape index (κ3) is 1.49. The van der Waals surface area contributed by atoms with Gasteiger partial charge in [-0.05, 0) is 33.4 Å². The van der Waals surface area contributed by atoms with Crippen molar-refractivity contribution in [2.75, 3.05) is 0 Å². The molecule has 0 atom stereocenters. The van der Waals surface area contributed by atoms with E-state index in [0.29, 0.717) is 9.86 Å². The van der Waals surface area contributed by atoms with Crippen molar-refractivity contribution in [3.8, 4) is 0 Å². The van der Waals surface area contributed by atoms with Crippen molar-refractivity contribution in [2.45, 2.75) is 0 Å². The highest BCUT2D eigenvalue weighted by Gasteiger charge is 2.01. The fraction of sp³-hybridized carbons (Fsp3) is 0. The molecule has 13 heavy (non-hydrogen) atoms. The summed E-state index contributed by atoms with van der Waals surface area (Å²) in [6.07, 6.45) is 1.49. The molecule has 4 heteroatoms. The molecule has 0 spiro atoms. The third-order valence-electron chi connectivity index (χ3n) is 1.78. The number of benzene rings is 1. The Morgan fingerprint density at radius 2 is 2.00 bits per heavy atom. The standard InChI is InChI=1S/C9H5BrFNO/c10-7-1-5-3-9(13)12-4-6(5)2-8(7)11/h1-4H,(H,12,13). The van der Waals surface area contributed by atoms with E-state index >= 15 is 0 Å². The zero-order valence-electron chi connectivity index (χ0n) is 6.47. The largest absolute Gasteiger partial charge is 0.328 e. The fourth-order valence-electron chi connectivity index (χ4n) is 1.16. The SMILES string of the molecule is O=c1cc2cc(Br)c(F)cc2c[nH]1. The number of hydrogen-bond acceptors (Lipinski definition) is 1. The molecule has 1 heterocycles. The smallest absolute Gasteiger partial charge is 0.248 e. The lowest BCUT2D eigenvalue weighted by atomic mass is 10.2. The minimum Gasteiger partial charge on any atom is -0.328 e. The molecule has 0 aliphatic carbocycles. The first-order valence-corrected chi connectivity index (χ1v) is 4.43. The van der Waals surface area contributed by atoms with Gasteiger partial charge in [0.15, 0.2) is 0 Å². The van der Waals surface area contributed by atoms with Gasteiger partial charge in [0, 0.05) is 17.6 Å². The Kier molecular flexibility index (Phi) is 1.92. The van der Waals surface area contributed by atoms with E-state index in [0.717, 1.165) is 5.39 Å². The second-order valence-corrected chi connectivity index (χ2v) is 3.55. The number of hydrogen-bond donors (Lipinski definition) is 1. The van der Waals surface area contributed by atoms with Gasteiger partial charge < -0.3 is 4.98 Å². The van der Waals surface area contributed by atoms with Crippen LogP contribution in [0.15, 0.2) is 33.7 Å². The number of halogens is 2. The van der Waals surface area contributed by atoms with Crippen LogP contribution in [0.5, 0.6) is 0 Å². The van der Waals surface area contributed by atoms with Crippen LogP contribution in [0.25, 0.3) is 10.8 Å². The predicted molar refractivity (Wildman–Crippen MR) is 52.2 cm³/mol. The molecule has 0 unspecified atom stereocenters. The molecule has 66 valence electrons. The monoisotopic (exact) mass is 241 g/mol. The summed E-state index contributed by atoms with van der Waals surface area (Å²) in [5.41, 5.74) is -0.189. The lowest BCUT2D eigenvalue weighted by Gasteiger charge is -1.98. The molecular formula is C9H5BrFNO. The fourth-order valence-corrected chi connectivity index (χ4v) is 1.52. The van der Waals surface area contributed by atoms with E-state index in [-0.39, 0.29) is 11.4 Å². The quantitative estimate of drug-likeness (QED) is 0.756. The lowest BCUT2D eigenvalue weighted by molar-refractivity contribution is 0.623. The van der Waals surface area contributed by atoms with Crippen LogP contribution in [0.4, 0.5) is 4.39 Å². The normalized spacial score (nSPS) is 10.6. The summed E-state index contributed by atoms with van der Waals surface area (Å²) in [7, 11) is 0. The summed E-state index contributed by atoms with van der Waals surface area (Å²) in [6.45, 7) is 0. The van der Waals surface area contributed by atoms with Crippen LogP contribution < -0.4 is 5.56 Å². The van der Waals surface area contributed by atoms with Crippen LogP contribution in [0.1, 0.15) is 0 Å². The number of aromatic amines is 1. The Morgan fingerprint density at radius 1 is 1.23 bits per heavy atom. The molecule has 1 aromatic carbocycles. The van der Waals surface area contributed by atoms with Crippen LogP contribution >= 0.6 is 15.9 Å². The molecule has 0 aliphatic rings. The number of rotatable bonds is 0. The van der Waals surface area contributed by atoms with Crippen LogP contribution in [0.3, 0.4) is 0 Å². The molecule has 1 aromatic heterocycles. The van der Waals surface area contributed by atoms with Crippen molar-refractivity contribution in [2.24, 2.45) is 0 Å². The topological polar surface area (TPSA) is 32.9 Å². The van der Waals surface area contributed by atoms with E-state index in [2.05, 4.69) is 20.9 Å². The van der Waals surface area contributed by atoms with Crippen molar-refractivity contribution < 1.29 is 4.39 Å². The van der Waals surface area contributed by atoms with Crippen LogP contribution in [-0.2, 0) is 0 Å². The Morgan fingerprint density at radius 3 is 2.77 bits per heavy atom. The predicted octanol–water partition coefficient (Wildman–Crippen LogP) is 2.43. The maximum atomic E-state index is 13.0. The molecule has 0 saturated carbocycles. The lowest BCUT2D eigenvalue weighted by Crippen LogP contribution is -2.01. The Labute approximate surface area is 81.5 Å². The highest BCUT2D eigenvalue weighted by molar-refractivity contribution is 9.10. The molecule has 0 bridgehead atoms. The summed E-state index contributed by atoms with van der Waals surface area (Å²) < 4.78 is 13.4. The van der Waals surface area contributed by atoms with E-state index in [9.17, 15) is 9.18 Å². The minimum atomic E-state index is -0.334. The summed E-state index contributed by atoms with van der Waals surface area (Å²) in [4.78, 5) is 13.4. The zero-order chi connectivity index (χ0) is 9.42. The third-order valence-corrected chi connectivity index (χ3v) is 2.39.